The van der Waals surface area contributed by atoms with E-state index in [2.05, 4.69) is 20.3 Å². The Morgan fingerprint density at radius 3 is 2.61 bits per heavy atom. The molecule has 1 fully saturated rings. The van der Waals surface area contributed by atoms with Crippen LogP contribution >= 0.6 is 11.3 Å². The molecule has 2 heterocycles. The predicted octanol–water partition coefficient (Wildman–Crippen LogP) is 4.56. The highest BCUT2D eigenvalue weighted by Gasteiger charge is 2.39. The minimum atomic E-state index is -1.08. The van der Waals surface area contributed by atoms with Crippen LogP contribution in [-0.2, 0) is 10.4 Å². The maximum absolute atomic E-state index is 13.4. The van der Waals surface area contributed by atoms with Crippen LogP contribution in [-0.4, -0.2) is 31.1 Å². The Kier molecular flexibility index (Phi) is 5.72. The molecule has 4 rings (SSSR count). The number of carboxylic acids is 1. The lowest BCUT2D eigenvalue weighted by molar-refractivity contribution is -0.145. The number of nitrogens with one attached hydrogen (secondary N) is 1. The molecule has 0 unspecified atom stereocenters. The van der Waals surface area contributed by atoms with Gasteiger partial charge in [-0.1, -0.05) is 6.07 Å². The lowest BCUT2D eigenvalue weighted by Gasteiger charge is -2.32. The first-order valence-corrected chi connectivity index (χ1v) is 10.8. The fourth-order valence-corrected chi connectivity index (χ4v) is 4.87. The highest BCUT2D eigenvalue weighted by atomic mass is 32.1. The molecule has 0 atom stereocenters. The van der Waals surface area contributed by atoms with Crippen molar-refractivity contribution in [2.24, 2.45) is 5.92 Å². The number of aromatic nitrogens is 3. The summed E-state index contributed by atoms with van der Waals surface area (Å²) in [4.78, 5) is 24.6. The van der Waals surface area contributed by atoms with Crippen molar-refractivity contribution in [2.75, 3.05) is 5.32 Å². The average Bonchev–Trinajstić information content (AvgIpc) is 3.22. The van der Waals surface area contributed by atoms with Gasteiger partial charge in [-0.2, -0.15) is 0 Å². The van der Waals surface area contributed by atoms with E-state index < -0.39 is 23.3 Å². The van der Waals surface area contributed by atoms with Gasteiger partial charge in [-0.05, 0) is 62.8 Å². The molecule has 2 aromatic heterocycles. The molecule has 0 spiro atoms. The molecule has 1 aromatic carbocycles. The van der Waals surface area contributed by atoms with Crippen molar-refractivity contribution < 1.29 is 19.4 Å². The van der Waals surface area contributed by atoms with Gasteiger partial charge >= 0.3 is 5.97 Å². The molecular formula is C22H23FN4O3S. The quantitative estimate of drug-likeness (QED) is 0.531. The lowest BCUT2D eigenvalue weighted by atomic mass is 9.79. The monoisotopic (exact) mass is 442 g/mol. The molecule has 0 radical (unpaired) electrons. The van der Waals surface area contributed by atoms with Crippen LogP contribution in [0.2, 0.25) is 0 Å². The Hall–Kier alpha value is -2.91. The molecule has 1 saturated carbocycles. The van der Waals surface area contributed by atoms with Gasteiger partial charge in [0.25, 0.3) is 0 Å². The Morgan fingerprint density at radius 2 is 1.94 bits per heavy atom. The molecular weight excluding hydrogens is 419 g/mol. The lowest BCUT2D eigenvalue weighted by Crippen LogP contribution is -2.33. The summed E-state index contributed by atoms with van der Waals surface area (Å²) in [5.41, 5.74) is 1.88. The van der Waals surface area contributed by atoms with Crippen LogP contribution < -0.4 is 5.32 Å². The van der Waals surface area contributed by atoms with Crippen LogP contribution in [0.5, 0.6) is 0 Å². The highest BCUT2D eigenvalue weighted by Crippen LogP contribution is 2.43. The molecule has 7 nitrogen and oxygen atoms in total. The van der Waals surface area contributed by atoms with Crippen molar-refractivity contribution in [1.29, 1.82) is 0 Å². The zero-order chi connectivity index (χ0) is 22.2. The fourth-order valence-electron chi connectivity index (χ4n) is 3.82. The second-order valence-electron chi connectivity index (χ2n) is 8.01. The third-order valence-corrected chi connectivity index (χ3v) is 6.84. The third kappa shape index (κ3) is 4.57. The number of halogens is 1. The summed E-state index contributed by atoms with van der Waals surface area (Å²) in [5, 5.41) is 24.0. The maximum atomic E-state index is 13.4. The summed E-state index contributed by atoms with van der Waals surface area (Å²) in [5.74, 6) is -1.35. The molecule has 0 amide bonds. The van der Waals surface area contributed by atoms with E-state index in [9.17, 15) is 19.4 Å². The summed E-state index contributed by atoms with van der Waals surface area (Å²) in [6, 6.07) is 5.89. The van der Waals surface area contributed by atoms with E-state index in [1.165, 1.54) is 11.3 Å². The Labute approximate surface area is 183 Å². The SMILES string of the molecule is Cc1cc(Nc2ncc(F)c(C)n2)cc(-c2cnc(C3(O)CCC(C(=O)O)CC3)s2)c1. The summed E-state index contributed by atoms with van der Waals surface area (Å²) < 4.78 is 13.4. The second kappa shape index (κ2) is 8.32. The molecule has 162 valence electrons. The van der Waals surface area contributed by atoms with E-state index >= 15 is 0 Å². The first kappa shape index (κ1) is 21.3. The smallest absolute Gasteiger partial charge is 0.306 e. The van der Waals surface area contributed by atoms with Gasteiger partial charge in [0, 0.05) is 11.9 Å². The van der Waals surface area contributed by atoms with Gasteiger partial charge in [-0.3, -0.25) is 4.79 Å². The Balaban J connectivity index is 1.56. The number of carbonyl (C=O) groups is 1. The number of hydrogen-bond acceptors (Lipinski definition) is 7. The zero-order valence-electron chi connectivity index (χ0n) is 17.2. The van der Waals surface area contributed by atoms with Crippen molar-refractivity contribution >= 4 is 28.9 Å². The van der Waals surface area contributed by atoms with Gasteiger partial charge in [0.05, 0.1) is 22.7 Å². The Bertz CT molecular complexity index is 1130. The zero-order valence-corrected chi connectivity index (χ0v) is 18.0. The van der Waals surface area contributed by atoms with Gasteiger partial charge in [-0.25, -0.2) is 19.3 Å². The minimum Gasteiger partial charge on any atom is -0.481 e. The number of rotatable bonds is 5. The molecule has 3 aromatic rings. The number of aliphatic hydroxyl groups is 1. The number of hydrogen-bond donors (Lipinski definition) is 3. The molecule has 0 bridgehead atoms. The summed E-state index contributed by atoms with van der Waals surface area (Å²) in [6.45, 7) is 3.55. The van der Waals surface area contributed by atoms with Crippen LogP contribution in [0, 0.1) is 25.6 Å². The van der Waals surface area contributed by atoms with E-state index in [4.69, 9.17) is 0 Å². The van der Waals surface area contributed by atoms with Crippen LogP contribution in [0.4, 0.5) is 16.0 Å². The number of aryl methyl sites for hydroxylation is 2. The molecule has 0 aliphatic heterocycles. The number of thiazole rings is 1. The normalized spacial score (nSPS) is 21.1. The summed E-state index contributed by atoms with van der Waals surface area (Å²) in [6.07, 6.45) is 4.53. The van der Waals surface area contributed by atoms with Gasteiger partial charge < -0.3 is 15.5 Å². The van der Waals surface area contributed by atoms with Gasteiger partial charge in [-0.15, -0.1) is 11.3 Å². The molecule has 0 saturated heterocycles. The van der Waals surface area contributed by atoms with Crippen LogP contribution in [0.15, 0.2) is 30.6 Å². The number of benzene rings is 1. The molecule has 9 heteroatoms. The standard InChI is InChI=1S/C22H23FN4O3S/c1-12-7-15(9-16(8-12)27-21-25-10-17(23)13(2)26-21)18-11-24-20(31-18)22(30)5-3-14(4-6-22)19(28)29/h7-11,14,30H,3-6H2,1-2H3,(H,28,29)(H,25,26,27). The van der Waals surface area contributed by atoms with Crippen molar-refractivity contribution in [3.8, 4) is 10.4 Å². The molecule has 31 heavy (non-hydrogen) atoms. The first-order valence-electron chi connectivity index (χ1n) is 10.0. The van der Waals surface area contributed by atoms with E-state index in [1.807, 2.05) is 25.1 Å². The fraction of sp³-hybridized carbons (Fsp3) is 0.364. The van der Waals surface area contributed by atoms with Gasteiger partial charge in [0.2, 0.25) is 5.95 Å². The number of carboxylic acid groups (broad SMARTS) is 1. The number of anilines is 2. The van der Waals surface area contributed by atoms with Crippen LogP contribution in [0.25, 0.3) is 10.4 Å². The van der Waals surface area contributed by atoms with E-state index in [0.717, 1.165) is 27.9 Å². The Morgan fingerprint density at radius 1 is 1.19 bits per heavy atom. The van der Waals surface area contributed by atoms with E-state index in [1.54, 1.807) is 13.1 Å². The maximum Gasteiger partial charge on any atom is 0.306 e. The largest absolute Gasteiger partial charge is 0.481 e. The number of nitrogens with zero attached hydrogens (tertiary/aromatic N) is 3. The topological polar surface area (TPSA) is 108 Å². The minimum absolute atomic E-state index is 0.267. The second-order valence-corrected chi connectivity index (χ2v) is 9.04. The van der Waals surface area contributed by atoms with Crippen molar-refractivity contribution in [1.82, 2.24) is 15.0 Å². The molecule has 1 aliphatic carbocycles. The molecule has 1 aliphatic rings. The number of aliphatic carboxylic acids is 1. The highest BCUT2D eigenvalue weighted by molar-refractivity contribution is 7.15. The summed E-state index contributed by atoms with van der Waals surface area (Å²) in [7, 11) is 0. The van der Waals surface area contributed by atoms with Crippen molar-refractivity contribution in [3.05, 3.63) is 52.7 Å². The van der Waals surface area contributed by atoms with Gasteiger partial charge in [0.15, 0.2) is 5.82 Å². The average molecular weight is 443 g/mol. The molecule has 3 N–H and O–H groups in total. The van der Waals surface area contributed by atoms with Gasteiger partial charge in [0.1, 0.15) is 10.6 Å². The predicted molar refractivity (Wildman–Crippen MR) is 116 cm³/mol. The van der Waals surface area contributed by atoms with E-state index in [0.29, 0.717) is 36.6 Å². The van der Waals surface area contributed by atoms with Crippen molar-refractivity contribution in [2.45, 2.75) is 45.1 Å². The van der Waals surface area contributed by atoms with Crippen LogP contribution in [0.3, 0.4) is 0 Å². The third-order valence-electron chi connectivity index (χ3n) is 5.60. The van der Waals surface area contributed by atoms with Crippen molar-refractivity contribution in [3.63, 3.8) is 0 Å². The summed E-state index contributed by atoms with van der Waals surface area (Å²) >= 11 is 1.41. The first-order chi connectivity index (χ1) is 14.7. The van der Waals surface area contributed by atoms with Crippen LogP contribution in [0.1, 0.15) is 41.9 Å². The van der Waals surface area contributed by atoms with E-state index in [-0.39, 0.29) is 5.69 Å².